The number of amides is 1. The molecule has 1 amide bonds. The third-order valence-electron chi connectivity index (χ3n) is 5.18. The molecule has 4 N–H and O–H groups in total. The molecule has 3 rings (SSSR count). The van der Waals surface area contributed by atoms with Gasteiger partial charge in [-0.1, -0.05) is 18.2 Å². The molecule has 8 nitrogen and oxygen atoms in total. The number of nitrogens with two attached hydrogens (primary N) is 1. The number of aryl methyl sites for hydroxylation is 1. The van der Waals surface area contributed by atoms with Crippen LogP contribution in [-0.4, -0.2) is 43.1 Å². The first kappa shape index (κ1) is 27.5. The van der Waals surface area contributed by atoms with Crippen molar-refractivity contribution in [2.75, 3.05) is 12.3 Å². The Morgan fingerprint density at radius 2 is 1.97 bits per heavy atom. The van der Waals surface area contributed by atoms with Crippen molar-refractivity contribution in [3.63, 3.8) is 0 Å². The van der Waals surface area contributed by atoms with Crippen molar-refractivity contribution >= 4 is 44.6 Å². The van der Waals surface area contributed by atoms with Crippen LogP contribution in [0.15, 0.2) is 63.7 Å². The number of aliphatic hydroxyl groups is 2. The van der Waals surface area contributed by atoms with Gasteiger partial charge in [-0.3, -0.25) is 4.79 Å². The molecule has 0 aliphatic heterocycles. The average Bonchev–Trinajstić information content (AvgIpc) is 2.84. The smallest absolute Gasteiger partial charge is 0.214 e. The quantitative estimate of drug-likeness (QED) is 0.155. The number of ether oxygens (including phenoxy) is 1. The van der Waals surface area contributed by atoms with E-state index in [1.165, 1.54) is 17.0 Å². The van der Waals surface area contributed by atoms with Gasteiger partial charge in [-0.2, -0.15) is 0 Å². The van der Waals surface area contributed by atoms with E-state index < -0.39 is 5.82 Å². The lowest BCUT2D eigenvalue weighted by Crippen LogP contribution is -2.22. The second kappa shape index (κ2) is 12.7. The topological polar surface area (TPSA) is 122 Å². The number of rotatable bonds is 10. The van der Waals surface area contributed by atoms with Gasteiger partial charge >= 0.3 is 0 Å². The van der Waals surface area contributed by atoms with Crippen LogP contribution in [0.5, 0.6) is 11.5 Å². The van der Waals surface area contributed by atoms with Crippen molar-refractivity contribution < 1.29 is 24.1 Å². The summed E-state index contributed by atoms with van der Waals surface area (Å²) in [5.74, 6) is 0.636. The summed E-state index contributed by atoms with van der Waals surface area (Å²) in [6, 6.07) is 11.3. The molecule has 0 saturated heterocycles. The highest BCUT2D eigenvalue weighted by Gasteiger charge is 2.18. The zero-order valence-corrected chi connectivity index (χ0v) is 22.1. The first-order valence-corrected chi connectivity index (χ1v) is 12.5. The molecule has 190 valence electrons. The number of aliphatic hydroxyl groups excluding tert-OH is 2. The summed E-state index contributed by atoms with van der Waals surface area (Å²) in [6.45, 7) is 3.22. The lowest BCUT2D eigenvalue weighted by Gasteiger charge is -2.22. The van der Waals surface area contributed by atoms with Gasteiger partial charge in [0, 0.05) is 35.4 Å². The summed E-state index contributed by atoms with van der Waals surface area (Å²) in [5, 5.41) is 20.3. The molecule has 0 bridgehead atoms. The van der Waals surface area contributed by atoms with Crippen LogP contribution in [0, 0.1) is 12.7 Å². The minimum absolute atomic E-state index is 0.0861. The Morgan fingerprint density at radius 1 is 1.25 bits per heavy atom. The van der Waals surface area contributed by atoms with Crippen LogP contribution in [0.1, 0.15) is 30.3 Å². The van der Waals surface area contributed by atoms with Crippen LogP contribution in [0.4, 0.5) is 10.2 Å². The number of thiol groups is 1. The Morgan fingerprint density at radius 3 is 2.64 bits per heavy atom. The van der Waals surface area contributed by atoms with Crippen LogP contribution in [0.25, 0.3) is 0 Å². The van der Waals surface area contributed by atoms with E-state index in [-0.39, 0.29) is 53.1 Å². The zero-order valence-electron chi connectivity index (χ0n) is 19.7. The molecular formula is C25H26BrFN4O4S. The standard InChI is InChI=1S/C25H26BrFN4O4S/c1-15(31(14-33)13-17-12-29-16(2)30-24(17)28)22(10-11-32)36-25(34)23-19(27)7-5-9-21(23)35-20-8-4-3-6-18(20)26/h3-9,12,14,32,34,36H,10-11,13H2,1-2H3,(H2,28,29,30)/b22-15-. The number of carbonyl (C=O) groups excluding carboxylic acids is 1. The van der Waals surface area contributed by atoms with Crippen molar-refractivity contribution in [1.29, 1.82) is 0 Å². The number of anilines is 1. The van der Waals surface area contributed by atoms with Crippen LogP contribution < -0.4 is 10.5 Å². The van der Waals surface area contributed by atoms with Crippen molar-refractivity contribution in [1.82, 2.24) is 14.9 Å². The maximum absolute atomic E-state index is 14.9. The van der Waals surface area contributed by atoms with E-state index in [1.54, 1.807) is 44.3 Å². The molecule has 1 heterocycles. The van der Waals surface area contributed by atoms with Crippen molar-refractivity contribution in [3.05, 3.63) is 86.5 Å². The summed E-state index contributed by atoms with van der Waals surface area (Å²) < 4.78 is 21.4. The van der Waals surface area contributed by atoms with E-state index in [1.807, 2.05) is 6.07 Å². The second-order valence-electron chi connectivity index (χ2n) is 7.65. The molecule has 2 aromatic carbocycles. The molecule has 0 aliphatic rings. The molecule has 3 aromatic rings. The fraction of sp³-hybridized carbons (Fsp3) is 0.200. The monoisotopic (exact) mass is 576 g/mol. The largest absolute Gasteiger partial charge is 0.455 e. The number of hydrogen-bond acceptors (Lipinski definition) is 6. The van der Waals surface area contributed by atoms with Gasteiger partial charge in [0.15, 0.2) is 0 Å². The number of hydrogen-bond donors (Lipinski definition) is 4. The van der Waals surface area contributed by atoms with Gasteiger partial charge < -0.3 is 25.6 Å². The van der Waals surface area contributed by atoms with Crippen LogP contribution >= 0.6 is 27.3 Å². The Balaban J connectivity index is 2.01. The predicted molar refractivity (Wildman–Crippen MR) is 144 cm³/mol. The molecule has 11 heteroatoms. The number of carbonyl (C=O) groups is 1. The van der Waals surface area contributed by atoms with E-state index in [9.17, 15) is 19.4 Å². The Hall–Kier alpha value is -3.12. The lowest BCUT2D eigenvalue weighted by molar-refractivity contribution is -0.116. The first-order valence-electron chi connectivity index (χ1n) is 10.8. The average molecular weight is 577 g/mol. The highest BCUT2D eigenvalue weighted by molar-refractivity contribution is 9.10. The van der Waals surface area contributed by atoms with Crippen molar-refractivity contribution in [3.8, 4) is 11.5 Å². The Kier molecular flexibility index (Phi) is 9.71. The lowest BCUT2D eigenvalue weighted by atomic mass is 10.2. The van der Waals surface area contributed by atoms with Gasteiger partial charge in [0.05, 0.1) is 16.6 Å². The second-order valence-corrected chi connectivity index (χ2v) is 9.69. The molecule has 0 spiro atoms. The van der Waals surface area contributed by atoms with E-state index in [4.69, 9.17) is 10.5 Å². The molecule has 36 heavy (non-hydrogen) atoms. The van der Waals surface area contributed by atoms with Gasteiger partial charge in [-0.15, -0.1) is 11.4 Å². The van der Waals surface area contributed by atoms with Gasteiger partial charge in [0.2, 0.25) is 6.41 Å². The molecule has 0 aliphatic carbocycles. The molecule has 1 aromatic heterocycles. The van der Waals surface area contributed by atoms with E-state index in [0.29, 0.717) is 38.6 Å². The van der Waals surface area contributed by atoms with E-state index >= 15 is 0 Å². The summed E-state index contributed by atoms with van der Waals surface area (Å²) >= 11 is 3.59. The summed E-state index contributed by atoms with van der Waals surface area (Å²) in [5.41, 5.74) is 6.86. The van der Waals surface area contributed by atoms with Gasteiger partial charge in [-0.05, 0) is 54.0 Å². The summed E-state index contributed by atoms with van der Waals surface area (Å²) in [6.07, 6.45) is 2.29. The summed E-state index contributed by atoms with van der Waals surface area (Å²) in [7, 11) is 0. The molecular weight excluding hydrogens is 551 g/mol. The van der Waals surface area contributed by atoms with Crippen molar-refractivity contribution in [2.24, 2.45) is 0 Å². The third-order valence-corrected chi connectivity index (χ3v) is 7.09. The highest BCUT2D eigenvalue weighted by Crippen LogP contribution is 2.34. The molecule has 0 atom stereocenters. The van der Waals surface area contributed by atoms with Gasteiger partial charge in [0.1, 0.15) is 34.0 Å². The van der Waals surface area contributed by atoms with Crippen LogP contribution in [0.3, 0.4) is 0 Å². The van der Waals surface area contributed by atoms with Crippen molar-refractivity contribution in [2.45, 2.75) is 26.8 Å². The van der Waals surface area contributed by atoms with Gasteiger partial charge in [-0.25, -0.2) is 14.4 Å². The molecule has 0 fully saturated rings. The minimum atomic E-state index is -0.678. The number of halogens is 2. The zero-order chi connectivity index (χ0) is 26.2. The predicted octanol–water partition coefficient (Wildman–Crippen LogP) is 4.84. The number of nitrogens with zero attached hydrogens (tertiary/aromatic N) is 3. The van der Waals surface area contributed by atoms with Gasteiger partial charge in [0.25, 0.3) is 0 Å². The van der Waals surface area contributed by atoms with E-state index in [0.717, 1.165) is 0 Å². The number of benzene rings is 2. The van der Waals surface area contributed by atoms with Crippen LogP contribution in [0.2, 0.25) is 0 Å². The maximum Gasteiger partial charge on any atom is 0.214 e. The molecule has 0 radical (unpaired) electrons. The van der Waals surface area contributed by atoms with E-state index in [2.05, 4.69) is 25.9 Å². The first-order chi connectivity index (χ1) is 17.2. The highest BCUT2D eigenvalue weighted by atomic mass is 79.9. The summed E-state index contributed by atoms with van der Waals surface area (Å²) in [4.78, 5) is 22.0. The molecule has 0 saturated carbocycles. The fourth-order valence-corrected chi connectivity index (χ4v) is 4.73. The number of nitrogen functional groups attached to an aromatic ring is 1. The minimum Gasteiger partial charge on any atom is -0.455 e. The fourth-order valence-electron chi connectivity index (χ4n) is 3.28. The Bertz CT molecular complexity index is 1320. The number of aromatic nitrogens is 2. The Labute approximate surface area is 220 Å². The third kappa shape index (κ3) is 6.76. The molecule has 0 unspecified atom stereocenters. The van der Waals surface area contributed by atoms with Crippen LogP contribution in [-0.2, 0) is 11.3 Å². The number of para-hydroxylation sites is 1. The number of allylic oxidation sites excluding steroid dienone is 1. The SMILES string of the molecule is C/C(=C(CCO)/[SH]=C(\O)c1c(F)cccc1Oc1ccccc1Br)N(C=O)Cc1cnc(C)nc1N. The normalized spacial score (nSPS) is 12.4. The maximum atomic E-state index is 14.9.